The average molecular weight is 422 g/mol. The van der Waals surface area contributed by atoms with Gasteiger partial charge in [-0.05, 0) is 79.9 Å². The van der Waals surface area contributed by atoms with Gasteiger partial charge >= 0.3 is 0 Å². The Labute approximate surface area is 183 Å². The summed E-state index contributed by atoms with van der Waals surface area (Å²) in [5, 5.41) is 0. The molecule has 7 atom stereocenters. The van der Waals surface area contributed by atoms with Gasteiger partial charge in [0.15, 0.2) is 5.83 Å². The molecular formula is C26H32FN3O. The van der Waals surface area contributed by atoms with E-state index in [0.29, 0.717) is 23.7 Å². The number of para-hydroxylation sites is 2. The third-order valence-electron chi connectivity index (χ3n) is 9.90. The van der Waals surface area contributed by atoms with E-state index in [1.165, 1.54) is 12.8 Å². The lowest BCUT2D eigenvalue weighted by Crippen LogP contribution is -2.60. The Morgan fingerprint density at radius 3 is 2.71 bits per heavy atom. The predicted molar refractivity (Wildman–Crippen MR) is 119 cm³/mol. The van der Waals surface area contributed by atoms with Gasteiger partial charge in [0.1, 0.15) is 5.82 Å². The van der Waals surface area contributed by atoms with Crippen LogP contribution in [0.25, 0.3) is 11.0 Å². The van der Waals surface area contributed by atoms with Gasteiger partial charge in [0.2, 0.25) is 0 Å². The second-order valence-corrected chi connectivity index (χ2v) is 11.1. The maximum atomic E-state index is 14.6. The van der Waals surface area contributed by atoms with E-state index in [0.717, 1.165) is 42.5 Å². The van der Waals surface area contributed by atoms with Crippen molar-refractivity contribution in [3.8, 4) is 0 Å². The van der Waals surface area contributed by atoms with Crippen LogP contribution in [-0.2, 0) is 4.79 Å². The summed E-state index contributed by atoms with van der Waals surface area (Å²) < 4.78 is 14.6. The summed E-state index contributed by atoms with van der Waals surface area (Å²) in [5.41, 5.74) is 2.16. The van der Waals surface area contributed by atoms with E-state index in [2.05, 4.69) is 43.1 Å². The van der Waals surface area contributed by atoms with Gasteiger partial charge < -0.3 is 9.88 Å². The molecule has 2 heterocycles. The Kier molecular flexibility index (Phi) is 4.05. The maximum Gasteiger partial charge on any atom is 0.282 e. The van der Waals surface area contributed by atoms with Crippen molar-refractivity contribution in [3.63, 3.8) is 0 Å². The van der Waals surface area contributed by atoms with Crippen molar-refractivity contribution in [2.45, 2.75) is 64.3 Å². The smallest absolute Gasteiger partial charge is 0.282 e. The Morgan fingerprint density at radius 2 is 1.90 bits per heavy atom. The zero-order valence-corrected chi connectivity index (χ0v) is 18.7. The van der Waals surface area contributed by atoms with Crippen molar-refractivity contribution in [1.82, 2.24) is 14.9 Å². The molecule has 3 aliphatic carbocycles. The Hall–Kier alpha value is -2.17. The fourth-order valence-electron chi connectivity index (χ4n) is 8.42. The summed E-state index contributed by atoms with van der Waals surface area (Å²) in [4.78, 5) is 22.6. The molecule has 2 unspecified atom stereocenters. The number of nitrogens with zero attached hydrogens (tertiary/aromatic N) is 2. The average Bonchev–Trinajstić information content (AvgIpc) is 3.32. The van der Waals surface area contributed by atoms with Gasteiger partial charge in [-0.2, -0.15) is 0 Å². The number of rotatable bonds is 1. The monoisotopic (exact) mass is 421 g/mol. The number of aromatic amines is 1. The van der Waals surface area contributed by atoms with Gasteiger partial charge in [-0.15, -0.1) is 0 Å². The van der Waals surface area contributed by atoms with Crippen LogP contribution in [0.4, 0.5) is 4.39 Å². The molecule has 31 heavy (non-hydrogen) atoms. The van der Waals surface area contributed by atoms with Crippen LogP contribution >= 0.6 is 0 Å². The molecule has 1 aromatic carbocycles. The predicted octanol–water partition coefficient (Wildman–Crippen LogP) is 5.58. The van der Waals surface area contributed by atoms with Crippen LogP contribution in [0.5, 0.6) is 0 Å². The number of hydrogen-bond donors (Lipinski definition) is 1. The van der Waals surface area contributed by atoms with Gasteiger partial charge in [0.05, 0.1) is 11.0 Å². The highest BCUT2D eigenvalue weighted by atomic mass is 19.1. The van der Waals surface area contributed by atoms with Crippen molar-refractivity contribution in [1.29, 1.82) is 0 Å². The quantitative estimate of drug-likeness (QED) is 0.653. The first kappa shape index (κ1) is 19.5. The van der Waals surface area contributed by atoms with Gasteiger partial charge in [-0.1, -0.05) is 26.0 Å². The number of imidazole rings is 1. The van der Waals surface area contributed by atoms with Gasteiger partial charge in [0.25, 0.3) is 5.91 Å². The summed E-state index contributed by atoms with van der Waals surface area (Å²) in [6, 6.07) is 8.44. The standard InChI is InChI=1S/C26H32FN3O/c1-25-13-12-17-15(8-11-22-26(17,2)14-19(27)24(31)30(22)3)16(25)9-10-18(25)23-28-20-6-4-5-7-21(20)29-23/h4-7,14-18,22H,8-13H2,1-3H3,(H,28,29)/t15?,16-,17?,18+,22+,25-,26+/m0/s1. The van der Waals surface area contributed by atoms with Gasteiger partial charge in [-0.25, -0.2) is 9.37 Å². The van der Waals surface area contributed by atoms with Crippen LogP contribution in [-0.4, -0.2) is 33.9 Å². The molecule has 4 aliphatic rings. The number of H-pyrrole nitrogens is 1. The van der Waals surface area contributed by atoms with Crippen LogP contribution in [0.3, 0.4) is 0 Å². The van der Waals surface area contributed by atoms with E-state index in [9.17, 15) is 9.18 Å². The summed E-state index contributed by atoms with van der Waals surface area (Å²) in [5.74, 6) is 2.30. The Balaban J connectivity index is 1.34. The van der Waals surface area contributed by atoms with Crippen molar-refractivity contribution in [3.05, 3.63) is 42.0 Å². The fraction of sp³-hybridized carbons (Fsp3) is 0.615. The minimum absolute atomic E-state index is 0.123. The van der Waals surface area contributed by atoms with E-state index < -0.39 is 11.7 Å². The van der Waals surface area contributed by atoms with E-state index in [1.54, 1.807) is 18.0 Å². The zero-order chi connectivity index (χ0) is 21.5. The summed E-state index contributed by atoms with van der Waals surface area (Å²) >= 11 is 0. The molecule has 3 fully saturated rings. The number of fused-ring (bicyclic) bond motifs is 6. The molecule has 1 amide bonds. The first-order valence-corrected chi connectivity index (χ1v) is 11.9. The number of halogens is 1. The van der Waals surface area contributed by atoms with E-state index in [4.69, 9.17) is 4.98 Å². The molecule has 1 aromatic heterocycles. The molecule has 0 saturated heterocycles. The molecule has 3 saturated carbocycles. The normalized spacial score (nSPS) is 42.2. The largest absolute Gasteiger partial charge is 0.342 e. The molecule has 0 bridgehead atoms. The van der Waals surface area contributed by atoms with E-state index >= 15 is 0 Å². The van der Waals surface area contributed by atoms with E-state index in [1.807, 2.05) is 0 Å². The topological polar surface area (TPSA) is 49.0 Å². The van der Waals surface area contributed by atoms with E-state index in [-0.39, 0.29) is 16.9 Å². The van der Waals surface area contributed by atoms with Crippen molar-refractivity contribution >= 4 is 16.9 Å². The Morgan fingerprint density at radius 1 is 1.10 bits per heavy atom. The molecule has 164 valence electrons. The SMILES string of the molecule is CN1C(=O)C(F)=C[C@]2(C)C3CC[C@]4(C)[C@@H](c5nc6ccccc6[nH]5)CC[C@H]4C3CC[C@@H]12. The summed E-state index contributed by atoms with van der Waals surface area (Å²) in [6.07, 6.45) is 8.47. The summed E-state index contributed by atoms with van der Waals surface area (Å²) in [6.45, 7) is 4.70. The third kappa shape index (κ3) is 2.52. The zero-order valence-electron chi connectivity index (χ0n) is 18.7. The molecule has 0 spiro atoms. The number of benzene rings is 1. The minimum Gasteiger partial charge on any atom is -0.342 e. The van der Waals surface area contributed by atoms with Gasteiger partial charge in [-0.3, -0.25) is 4.79 Å². The molecule has 0 radical (unpaired) electrons. The first-order valence-electron chi connectivity index (χ1n) is 11.9. The minimum atomic E-state index is -0.554. The maximum absolute atomic E-state index is 14.6. The third-order valence-corrected chi connectivity index (χ3v) is 9.90. The number of hydrogen-bond acceptors (Lipinski definition) is 2. The number of aromatic nitrogens is 2. The second kappa shape index (κ2) is 6.43. The van der Waals surface area contributed by atoms with Crippen molar-refractivity contribution in [2.24, 2.45) is 28.6 Å². The lowest BCUT2D eigenvalue weighted by molar-refractivity contribution is -0.141. The summed E-state index contributed by atoms with van der Waals surface area (Å²) in [7, 11) is 1.79. The Bertz CT molecular complexity index is 1060. The number of nitrogens with one attached hydrogen (secondary N) is 1. The van der Waals surface area contributed by atoms with Crippen molar-refractivity contribution in [2.75, 3.05) is 7.05 Å². The molecule has 1 aliphatic heterocycles. The van der Waals surface area contributed by atoms with Crippen LogP contribution in [0.2, 0.25) is 0 Å². The molecule has 6 rings (SSSR count). The highest BCUT2D eigenvalue weighted by Gasteiger charge is 2.61. The molecular weight excluding hydrogens is 389 g/mol. The van der Waals surface area contributed by atoms with Crippen LogP contribution in [0.1, 0.15) is 64.1 Å². The number of carbonyl (C=O) groups excluding carboxylic acids is 1. The van der Waals surface area contributed by atoms with Gasteiger partial charge in [0, 0.05) is 24.4 Å². The second-order valence-electron chi connectivity index (χ2n) is 11.1. The number of likely N-dealkylation sites (N-methyl/N-ethyl adjacent to an activating group) is 1. The van der Waals surface area contributed by atoms with Crippen molar-refractivity contribution < 1.29 is 9.18 Å². The molecule has 1 N–H and O–H groups in total. The highest BCUT2D eigenvalue weighted by molar-refractivity contribution is 5.92. The number of carbonyl (C=O) groups is 1. The highest BCUT2D eigenvalue weighted by Crippen LogP contribution is 2.67. The molecule has 2 aromatic rings. The molecule has 5 heteroatoms. The first-order chi connectivity index (χ1) is 14.8. The van der Waals surface area contributed by atoms with Crippen LogP contribution in [0, 0.1) is 28.6 Å². The van der Waals surface area contributed by atoms with Crippen LogP contribution in [0.15, 0.2) is 36.2 Å². The lowest BCUT2D eigenvalue weighted by atomic mass is 9.47. The molecule has 4 nitrogen and oxygen atoms in total. The number of amides is 1. The fourth-order valence-corrected chi connectivity index (χ4v) is 8.42. The lowest BCUT2D eigenvalue weighted by Gasteiger charge is -2.60. The van der Waals surface area contributed by atoms with Crippen LogP contribution < -0.4 is 0 Å².